The first kappa shape index (κ1) is 16.1. The van der Waals surface area contributed by atoms with E-state index in [0.717, 1.165) is 0 Å². The lowest BCUT2D eigenvalue weighted by atomic mass is 9.70. The first-order valence-corrected chi connectivity index (χ1v) is 7.34. The van der Waals surface area contributed by atoms with Gasteiger partial charge in [0.1, 0.15) is 0 Å². The highest BCUT2D eigenvalue weighted by atomic mass is 35.6. The van der Waals surface area contributed by atoms with E-state index in [9.17, 15) is 0 Å². The first-order valence-electron chi connectivity index (χ1n) is 6.21. The summed E-state index contributed by atoms with van der Waals surface area (Å²) in [5, 5.41) is 0. The Hall–Kier alpha value is 0.0900. The molecule has 0 radical (unpaired) electrons. The second-order valence-corrected chi connectivity index (χ2v) is 8.20. The van der Waals surface area contributed by atoms with Crippen LogP contribution in [0.3, 0.4) is 0 Å². The minimum absolute atomic E-state index is 0.136. The fourth-order valence-corrected chi connectivity index (χ4v) is 3.31. The van der Waals surface area contributed by atoms with Gasteiger partial charge in [0.2, 0.25) is 0 Å². The van der Waals surface area contributed by atoms with Crippen LogP contribution >= 0.6 is 34.8 Å². The summed E-state index contributed by atoms with van der Waals surface area (Å²) in [6.45, 7) is 10.8. The van der Waals surface area contributed by atoms with Gasteiger partial charge in [-0.15, -0.1) is 0 Å². The minimum atomic E-state index is -1.23. The number of hydrogen-bond donors (Lipinski definition) is 0. The molecule has 0 fully saturated rings. The van der Waals surface area contributed by atoms with Crippen LogP contribution in [-0.4, -0.2) is 3.79 Å². The third kappa shape index (κ3) is 3.79. The Morgan fingerprint density at radius 3 is 2.06 bits per heavy atom. The zero-order chi connectivity index (χ0) is 14.1. The average Bonchev–Trinajstić information content (AvgIpc) is 2.13. The normalized spacial score (nSPS) is 15.8. The molecule has 3 heteroatoms. The summed E-state index contributed by atoms with van der Waals surface area (Å²) in [4.78, 5) is 0. The van der Waals surface area contributed by atoms with E-state index >= 15 is 0 Å². The highest BCUT2D eigenvalue weighted by Crippen LogP contribution is 2.46. The van der Waals surface area contributed by atoms with Crippen LogP contribution < -0.4 is 0 Å². The van der Waals surface area contributed by atoms with Crippen molar-refractivity contribution in [2.24, 2.45) is 5.92 Å². The van der Waals surface area contributed by atoms with E-state index in [0.29, 0.717) is 12.3 Å². The van der Waals surface area contributed by atoms with Gasteiger partial charge >= 0.3 is 0 Å². The Balaban J connectivity index is 3.27. The molecule has 18 heavy (non-hydrogen) atoms. The van der Waals surface area contributed by atoms with Gasteiger partial charge in [0.25, 0.3) is 0 Å². The fraction of sp³-hybridized carbons (Fsp3) is 0.600. The Morgan fingerprint density at radius 2 is 1.67 bits per heavy atom. The standard InChI is InChI=1S/C15H21Cl3/c1-10(2)14(5,9-15(16,17)18)13-7-6-11(3)8-12(13)4/h6-8,10H,9H2,1-5H3. The van der Waals surface area contributed by atoms with Crippen LogP contribution in [-0.2, 0) is 5.41 Å². The van der Waals surface area contributed by atoms with E-state index < -0.39 is 3.79 Å². The molecule has 1 aromatic carbocycles. The zero-order valence-electron chi connectivity index (χ0n) is 11.7. The topological polar surface area (TPSA) is 0 Å². The van der Waals surface area contributed by atoms with Crippen LogP contribution in [0.2, 0.25) is 0 Å². The fourth-order valence-electron chi connectivity index (χ4n) is 2.48. The molecule has 0 aliphatic rings. The molecule has 0 nitrogen and oxygen atoms in total. The molecule has 0 heterocycles. The van der Waals surface area contributed by atoms with Crippen molar-refractivity contribution in [3.63, 3.8) is 0 Å². The van der Waals surface area contributed by atoms with Gasteiger partial charge in [0, 0.05) is 6.42 Å². The lowest BCUT2D eigenvalue weighted by Gasteiger charge is -2.38. The molecule has 0 amide bonds. The molecular formula is C15H21Cl3. The Morgan fingerprint density at radius 1 is 1.11 bits per heavy atom. The maximum Gasteiger partial charge on any atom is 0.191 e. The van der Waals surface area contributed by atoms with Crippen LogP contribution in [0.1, 0.15) is 43.9 Å². The highest BCUT2D eigenvalue weighted by Gasteiger charge is 2.39. The predicted octanol–water partition coefficient (Wildman–Crippen LogP) is 5.98. The van der Waals surface area contributed by atoms with Gasteiger partial charge in [-0.3, -0.25) is 0 Å². The third-order valence-corrected chi connectivity index (χ3v) is 4.24. The van der Waals surface area contributed by atoms with Crippen molar-refractivity contribution in [2.45, 2.75) is 50.2 Å². The molecule has 0 N–H and O–H groups in total. The van der Waals surface area contributed by atoms with Gasteiger partial charge < -0.3 is 0 Å². The van der Waals surface area contributed by atoms with Gasteiger partial charge in [-0.1, -0.05) is 79.3 Å². The van der Waals surface area contributed by atoms with Crippen LogP contribution in [0.25, 0.3) is 0 Å². The molecule has 102 valence electrons. The number of benzene rings is 1. The Labute approximate surface area is 126 Å². The maximum atomic E-state index is 6.03. The van der Waals surface area contributed by atoms with Crippen molar-refractivity contribution < 1.29 is 0 Å². The average molecular weight is 308 g/mol. The zero-order valence-corrected chi connectivity index (χ0v) is 13.9. The van der Waals surface area contributed by atoms with E-state index in [1.165, 1.54) is 16.7 Å². The van der Waals surface area contributed by atoms with Crippen molar-refractivity contribution in [3.8, 4) is 0 Å². The smallest absolute Gasteiger partial charge is 0.0837 e. The summed E-state index contributed by atoms with van der Waals surface area (Å²) in [5.41, 5.74) is 3.66. The van der Waals surface area contributed by atoms with E-state index in [1.807, 2.05) is 0 Å². The van der Waals surface area contributed by atoms with Crippen molar-refractivity contribution in [1.82, 2.24) is 0 Å². The summed E-state index contributed by atoms with van der Waals surface area (Å²) >= 11 is 18.1. The second kappa shape index (κ2) is 5.61. The molecule has 1 aromatic rings. The van der Waals surface area contributed by atoms with Crippen molar-refractivity contribution in [1.29, 1.82) is 0 Å². The molecule has 0 saturated heterocycles. The Kier molecular flexibility index (Phi) is 5.03. The molecule has 0 saturated carbocycles. The van der Waals surface area contributed by atoms with Crippen molar-refractivity contribution in [3.05, 3.63) is 34.9 Å². The number of halogens is 3. The lowest BCUT2D eigenvalue weighted by molar-refractivity contribution is 0.315. The molecular weight excluding hydrogens is 287 g/mol. The quantitative estimate of drug-likeness (QED) is 0.603. The molecule has 0 aromatic heterocycles. The molecule has 0 aliphatic carbocycles. The SMILES string of the molecule is Cc1ccc(C(C)(CC(Cl)(Cl)Cl)C(C)C)c(C)c1. The second-order valence-electron chi connectivity index (χ2n) is 5.68. The molecule has 0 spiro atoms. The largest absolute Gasteiger partial charge is 0.191 e. The van der Waals surface area contributed by atoms with E-state index in [4.69, 9.17) is 34.8 Å². The maximum absolute atomic E-state index is 6.03. The van der Waals surface area contributed by atoms with Gasteiger partial charge in [0.05, 0.1) is 0 Å². The highest BCUT2D eigenvalue weighted by molar-refractivity contribution is 6.67. The summed E-state index contributed by atoms with van der Waals surface area (Å²) in [7, 11) is 0. The summed E-state index contributed by atoms with van der Waals surface area (Å²) in [6, 6.07) is 6.48. The van der Waals surface area contributed by atoms with Crippen molar-refractivity contribution in [2.75, 3.05) is 0 Å². The summed E-state index contributed by atoms with van der Waals surface area (Å²) in [6.07, 6.45) is 0.520. The first-order chi connectivity index (χ1) is 8.06. The van der Waals surface area contributed by atoms with Crippen LogP contribution in [0.15, 0.2) is 18.2 Å². The number of aryl methyl sites for hydroxylation is 2. The Bertz CT molecular complexity index is 418. The number of hydrogen-bond acceptors (Lipinski definition) is 0. The van der Waals surface area contributed by atoms with Crippen LogP contribution in [0.5, 0.6) is 0 Å². The monoisotopic (exact) mass is 306 g/mol. The van der Waals surface area contributed by atoms with Crippen molar-refractivity contribution >= 4 is 34.8 Å². The van der Waals surface area contributed by atoms with E-state index in [2.05, 4.69) is 52.8 Å². The molecule has 0 bridgehead atoms. The van der Waals surface area contributed by atoms with Gasteiger partial charge in [-0.25, -0.2) is 0 Å². The lowest BCUT2D eigenvalue weighted by Crippen LogP contribution is -2.34. The molecule has 0 aliphatic heterocycles. The van der Waals surface area contributed by atoms with Crippen LogP contribution in [0.4, 0.5) is 0 Å². The predicted molar refractivity (Wildman–Crippen MR) is 83.0 cm³/mol. The van der Waals surface area contributed by atoms with E-state index in [1.54, 1.807) is 0 Å². The minimum Gasteiger partial charge on any atom is -0.0837 e. The van der Waals surface area contributed by atoms with E-state index in [-0.39, 0.29) is 5.41 Å². The number of rotatable bonds is 3. The molecule has 1 atom stereocenters. The molecule has 1 rings (SSSR count). The summed E-state index contributed by atoms with van der Waals surface area (Å²) in [5.74, 6) is 0.398. The third-order valence-electron chi connectivity index (χ3n) is 3.84. The van der Waals surface area contributed by atoms with Gasteiger partial charge in [-0.2, -0.15) is 0 Å². The molecule has 1 unspecified atom stereocenters. The summed E-state index contributed by atoms with van der Waals surface area (Å²) < 4.78 is -1.23. The van der Waals surface area contributed by atoms with Gasteiger partial charge in [0.15, 0.2) is 3.79 Å². The number of alkyl halides is 3. The van der Waals surface area contributed by atoms with Gasteiger partial charge in [-0.05, 0) is 36.3 Å². The van der Waals surface area contributed by atoms with Crippen LogP contribution in [0, 0.1) is 19.8 Å².